The van der Waals surface area contributed by atoms with Gasteiger partial charge >= 0.3 is 0 Å². The summed E-state index contributed by atoms with van der Waals surface area (Å²) in [5, 5.41) is 6.87. The zero-order valence-corrected chi connectivity index (χ0v) is 18.7. The van der Waals surface area contributed by atoms with Gasteiger partial charge in [0.1, 0.15) is 5.82 Å². The molecule has 1 aromatic heterocycles. The Labute approximate surface area is 179 Å². The first-order valence-electron chi connectivity index (χ1n) is 10.3. The molecule has 2 N–H and O–H groups in total. The summed E-state index contributed by atoms with van der Waals surface area (Å²) in [4.78, 5) is 11.6. The zero-order chi connectivity index (χ0) is 21.6. The number of benzene rings is 1. The number of aryl methyl sites for hydroxylation is 1. The van der Waals surface area contributed by atoms with Crippen molar-refractivity contribution in [3.05, 3.63) is 53.7 Å². The number of nitrogens with zero attached hydrogens (tertiary/aromatic N) is 3. The van der Waals surface area contributed by atoms with Crippen LogP contribution in [-0.4, -0.2) is 58.3 Å². The molecule has 1 aliphatic rings. The zero-order valence-electron chi connectivity index (χ0n) is 17.9. The molecule has 0 spiro atoms. The quantitative estimate of drug-likeness (QED) is 0.541. The van der Waals surface area contributed by atoms with E-state index in [-0.39, 0.29) is 0 Å². The summed E-state index contributed by atoms with van der Waals surface area (Å²) in [6, 6.07) is 13.6. The lowest BCUT2D eigenvalue weighted by atomic mass is 10.1. The first-order valence-corrected chi connectivity index (χ1v) is 12.2. The fourth-order valence-electron chi connectivity index (χ4n) is 3.57. The highest BCUT2D eigenvalue weighted by Crippen LogP contribution is 2.18. The van der Waals surface area contributed by atoms with Crippen LogP contribution in [0, 0.1) is 6.92 Å². The van der Waals surface area contributed by atoms with Crippen LogP contribution in [0.3, 0.4) is 0 Å². The van der Waals surface area contributed by atoms with E-state index in [0.29, 0.717) is 10.9 Å². The molecule has 0 bridgehead atoms. The first-order chi connectivity index (χ1) is 14.3. The maximum atomic E-state index is 11.5. The Balaban J connectivity index is 1.43. The Bertz CT molecular complexity index is 965. The summed E-state index contributed by atoms with van der Waals surface area (Å²) in [7, 11) is -1.37. The third-order valence-corrected chi connectivity index (χ3v) is 6.44. The van der Waals surface area contributed by atoms with Crippen molar-refractivity contribution in [2.45, 2.75) is 37.1 Å². The molecule has 1 aromatic carbocycles. The molecule has 8 heteroatoms. The average Bonchev–Trinajstić information content (AvgIpc) is 2.73. The minimum absolute atomic E-state index is 0.351. The Morgan fingerprint density at radius 2 is 1.87 bits per heavy atom. The standard InChI is InChI=1S/C22H31N5O2S/c1-17-5-4-6-21(25-17)27-15-12-19(13-16-27)26-22(23-2)24-14-11-18-7-9-20(10-8-18)30(3,28)29/h4-10,19H,11-16H2,1-3H3,(H2,23,24,26). The Kier molecular flexibility index (Phi) is 7.31. The van der Waals surface area contributed by atoms with Crippen LogP contribution in [0.15, 0.2) is 52.4 Å². The van der Waals surface area contributed by atoms with Crippen LogP contribution >= 0.6 is 0 Å². The maximum Gasteiger partial charge on any atom is 0.191 e. The van der Waals surface area contributed by atoms with E-state index in [0.717, 1.165) is 61.9 Å². The van der Waals surface area contributed by atoms with Gasteiger partial charge in [-0.05, 0) is 56.0 Å². The third kappa shape index (κ3) is 6.19. The molecule has 2 heterocycles. The van der Waals surface area contributed by atoms with Crippen LogP contribution < -0.4 is 15.5 Å². The minimum atomic E-state index is -3.15. The van der Waals surface area contributed by atoms with Gasteiger partial charge < -0.3 is 15.5 Å². The number of aromatic nitrogens is 1. The Morgan fingerprint density at radius 1 is 1.17 bits per heavy atom. The molecule has 162 valence electrons. The summed E-state index contributed by atoms with van der Waals surface area (Å²) in [5.41, 5.74) is 2.13. The van der Waals surface area contributed by atoms with Crippen molar-refractivity contribution in [1.82, 2.24) is 15.6 Å². The van der Waals surface area contributed by atoms with Crippen molar-refractivity contribution >= 4 is 21.6 Å². The highest BCUT2D eigenvalue weighted by Gasteiger charge is 2.20. The molecule has 0 aliphatic carbocycles. The van der Waals surface area contributed by atoms with Crippen LogP contribution in [0.4, 0.5) is 5.82 Å². The monoisotopic (exact) mass is 429 g/mol. The second-order valence-electron chi connectivity index (χ2n) is 7.71. The summed E-state index contributed by atoms with van der Waals surface area (Å²) < 4.78 is 23.1. The molecule has 0 saturated carbocycles. The SMILES string of the molecule is CN=C(NCCc1ccc(S(C)(=O)=O)cc1)NC1CCN(c2cccc(C)n2)CC1. The van der Waals surface area contributed by atoms with Gasteiger partial charge in [-0.15, -0.1) is 0 Å². The summed E-state index contributed by atoms with van der Waals surface area (Å²) >= 11 is 0. The molecule has 2 aromatic rings. The summed E-state index contributed by atoms with van der Waals surface area (Å²) in [5.74, 6) is 1.85. The van der Waals surface area contributed by atoms with Crippen LogP contribution in [0.2, 0.25) is 0 Å². The highest BCUT2D eigenvalue weighted by molar-refractivity contribution is 7.90. The van der Waals surface area contributed by atoms with E-state index in [1.54, 1.807) is 19.2 Å². The van der Waals surface area contributed by atoms with E-state index in [1.165, 1.54) is 6.26 Å². The molecule has 1 saturated heterocycles. The van der Waals surface area contributed by atoms with Crippen molar-refractivity contribution in [3.63, 3.8) is 0 Å². The number of aliphatic imine (C=N–C) groups is 1. The van der Waals surface area contributed by atoms with Gasteiger partial charge in [0.25, 0.3) is 0 Å². The van der Waals surface area contributed by atoms with Crippen molar-refractivity contribution in [1.29, 1.82) is 0 Å². The number of sulfone groups is 1. The molecule has 7 nitrogen and oxygen atoms in total. The predicted molar refractivity (Wildman–Crippen MR) is 122 cm³/mol. The van der Waals surface area contributed by atoms with Gasteiger partial charge in [0.05, 0.1) is 4.90 Å². The molecule has 0 atom stereocenters. The normalized spacial score (nSPS) is 15.8. The van der Waals surface area contributed by atoms with Crippen LogP contribution in [0.1, 0.15) is 24.1 Å². The molecule has 1 aliphatic heterocycles. The van der Waals surface area contributed by atoms with E-state index in [4.69, 9.17) is 0 Å². The van der Waals surface area contributed by atoms with Crippen molar-refractivity contribution in [3.8, 4) is 0 Å². The number of rotatable bonds is 6. The first kappa shape index (κ1) is 22.1. The lowest BCUT2D eigenvalue weighted by molar-refractivity contribution is 0.459. The molecule has 3 rings (SSSR count). The van der Waals surface area contributed by atoms with E-state index >= 15 is 0 Å². The summed E-state index contributed by atoms with van der Waals surface area (Å²) in [6.07, 6.45) is 4.08. The topological polar surface area (TPSA) is 86.7 Å². The number of piperidine rings is 1. The molecule has 30 heavy (non-hydrogen) atoms. The molecule has 0 radical (unpaired) electrons. The summed E-state index contributed by atoms with van der Waals surface area (Å²) in [6.45, 7) is 4.69. The second kappa shape index (κ2) is 9.93. The second-order valence-corrected chi connectivity index (χ2v) is 9.72. The molecule has 0 amide bonds. The lowest BCUT2D eigenvalue weighted by Gasteiger charge is -2.34. The average molecular weight is 430 g/mol. The van der Waals surface area contributed by atoms with E-state index in [2.05, 4.69) is 37.6 Å². The lowest BCUT2D eigenvalue weighted by Crippen LogP contribution is -2.49. The predicted octanol–water partition coefficient (Wildman–Crippen LogP) is 2.17. The van der Waals surface area contributed by atoms with Gasteiger partial charge in [0.2, 0.25) is 0 Å². The van der Waals surface area contributed by atoms with Crippen molar-refractivity contribution in [2.24, 2.45) is 4.99 Å². The maximum absolute atomic E-state index is 11.5. The Hall–Kier alpha value is -2.61. The van der Waals surface area contributed by atoms with Gasteiger partial charge in [0, 0.05) is 44.7 Å². The number of hydrogen-bond acceptors (Lipinski definition) is 5. The largest absolute Gasteiger partial charge is 0.356 e. The smallest absolute Gasteiger partial charge is 0.191 e. The molecule has 0 unspecified atom stereocenters. The highest BCUT2D eigenvalue weighted by atomic mass is 32.2. The van der Waals surface area contributed by atoms with Crippen molar-refractivity contribution in [2.75, 3.05) is 37.8 Å². The van der Waals surface area contributed by atoms with Gasteiger partial charge in [-0.2, -0.15) is 0 Å². The number of hydrogen-bond donors (Lipinski definition) is 2. The van der Waals surface area contributed by atoms with Crippen LogP contribution in [0.5, 0.6) is 0 Å². The van der Waals surface area contributed by atoms with Crippen molar-refractivity contribution < 1.29 is 8.42 Å². The number of pyridine rings is 1. The number of anilines is 1. The Morgan fingerprint density at radius 3 is 2.47 bits per heavy atom. The van der Waals surface area contributed by atoms with E-state index < -0.39 is 9.84 Å². The molecule has 1 fully saturated rings. The number of nitrogens with one attached hydrogen (secondary N) is 2. The van der Waals surface area contributed by atoms with E-state index in [1.807, 2.05) is 25.1 Å². The van der Waals surface area contributed by atoms with Gasteiger partial charge in [-0.1, -0.05) is 18.2 Å². The molecular formula is C22H31N5O2S. The van der Waals surface area contributed by atoms with Gasteiger partial charge in [-0.3, -0.25) is 4.99 Å². The van der Waals surface area contributed by atoms with Gasteiger partial charge in [0.15, 0.2) is 15.8 Å². The minimum Gasteiger partial charge on any atom is -0.356 e. The van der Waals surface area contributed by atoms with E-state index in [9.17, 15) is 8.42 Å². The number of guanidine groups is 1. The molecular weight excluding hydrogens is 398 g/mol. The fraction of sp³-hybridized carbons (Fsp3) is 0.455. The fourth-order valence-corrected chi connectivity index (χ4v) is 4.20. The third-order valence-electron chi connectivity index (χ3n) is 5.31. The van der Waals surface area contributed by atoms with Gasteiger partial charge in [-0.25, -0.2) is 13.4 Å². The van der Waals surface area contributed by atoms with Crippen LogP contribution in [-0.2, 0) is 16.3 Å². The van der Waals surface area contributed by atoms with Crippen LogP contribution in [0.25, 0.3) is 0 Å².